The fraction of sp³-hybridized carbons (Fsp3) is 0.812. The van der Waals surface area contributed by atoms with Crippen LogP contribution in [0.3, 0.4) is 0 Å². The van der Waals surface area contributed by atoms with Crippen molar-refractivity contribution in [2.75, 3.05) is 27.2 Å². The number of likely N-dealkylation sites (N-methyl/N-ethyl adjacent to an activating group) is 1. The van der Waals surface area contributed by atoms with Crippen LogP contribution in [-0.4, -0.2) is 41.9 Å². The summed E-state index contributed by atoms with van der Waals surface area (Å²) in [5, 5.41) is 8.30. The Balaban J connectivity index is 2.20. The highest BCUT2D eigenvalue weighted by molar-refractivity contribution is 9.10. The summed E-state index contributed by atoms with van der Waals surface area (Å²) >= 11 is 3.72. The Bertz CT molecular complexity index is 443. The molecule has 2 rings (SSSR count). The summed E-state index contributed by atoms with van der Waals surface area (Å²) in [6.07, 6.45) is 5.96. The lowest BCUT2D eigenvalue weighted by atomic mass is 9.94. The average molecular weight is 357 g/mol. The van der Waals surface area contributed by atoms with Gasteiger partial charge in [-0.3, -0.25) is 4.68 Å². The first-order valence-electron chi connectivity index (χ1n) is 8.12. The van der Waals surface area contributed by atoms with Crippen LogP contribution in [0.15, 0.2) is 10.7 Å². The lowest BCUT2D eigenvalue weighted by Crippen LogP contribution is -2.31. The third-order valence-corrected chi connectivity index (χ3v) is 5.13. The van der Waals surface area contributed by atoms with Gasteiger partial charge < -0.3 is 10.2 Å². The van der Waals surface area contributed by atoms with Crippen LogP contribution in [-0.2, 0) is 6.54 Å². The highest BCUT2D eigenvalue weighted by atomic mass is 79.9. The van der Waals surface area contributed by atoms with Gasteiger partial charge in [-0.1, -0.05) is 20.3 Å². The first-order chi connectivity index (χ1) is 10.0. The standard InChI is InChI=1S/C16H29BrN4/c1-5-18-15(13-7-6-12(2)10-13)16-14(17)11-19-21(16)9-8-20(3)4/h11-13,15,18H,5-10H2,1-4H3. The van der Waals surface area contributed by atoms with Crippen molar-refractivity contribution in [3.05, 3.63) is 16.4 Å². The Morgan fingerprint density at radius 1 is 1.48 bits per heavy atom. The SMILES string of the molecule is CCNC(c1c(Br)cnn1CCN(C)C)C1CCC(C)C1. The van der Waals surface area contributed by atoms with Gasteiger partial charge in [-0.05, 0) is 61.2 Å². The summed E-state index contributed by atoms with van der Waals surface area (Å²) in [6, 6.07) is 0.416. The quantitative estimate of drug-likeness (QED) is 0.813. The number of rotatable bonds is 7. The highest BCUT2D eigenvalue weighted by Crippen LogP contribution is 2.40. The Morgan fingerprint density at radius 3 is 2.81 bits per heavy atom. The summed E-state index contributed by atoms with van der Waals surface area (Å²) in [6.45, 7) is 7.53. The molecule has 0 aliphatic heterocycles. The normalized spacial score (nSPS) is 23.9. The molecule has 1 saturated carbocycles. The van der Waals surface area contributed by atoms with Crippen LogP contribution in [0.2, 0.25) is 0 Å². The smallest absolute Gasteiger partial charge is 0.0699 e. The van der Waals surface area contributed by atoms with Gasteiger partial charge in [0.15, 0.2) is 0 Å². The molecule has 1 aromatic rings. The molecule has 120 valence electrons. The van der Waals surface area contributed by atoms with E-state index in [0.717, 1.165) is 35.9 Å². The third-order valence-electron chi connectivity index (χ3n) is 4.52. The van der Waals surface area contributed by atoms with Crippen LogP contribution >= 0.6 is 15.9 Å². The molecule has 4 nitrogen and oxygen atoms in total. The molecular formula is C16H29BrN4. The summed E-state index contributed by atoms with van der Waals surface area (Å²) in [5.41, 5.74) is 1.33. The van der Waals surface area contributed by atoms with Crippen molar-refractivity contribution in [2.45, 2.75) is 45.7 Å². The molecule has 0 amide bonds. The molecular weight excluding hydrogens is 328 g/mol. The largest absolute Gasteiger partial charge is 0.309 e. The van der Waals surface area contributed by atoms with Crippen LogP contribution in [0.25, 0.3) is 0 Å². The fourth-order valence-electron chi connectivity index (χ4n) is 3.41. The van der Waals surface area contributed by atoms with Gasteiger partial charge in [0.2, 0.25) is 0 Å². The fourth-order valence-corrected chi connectivity index (χ4v) is 3.96. The van der Waals surface area contributed by atoms with E-state index in [9.17, 15) is 0 Å². The van der Waals surface area contributed by atoms with E-state index >= 15 is 0 Å². The van der Waals surface area contributed by atoms with Crippen LogP contribution in [0.1, 0.15) is 44.8 Å². The number of halogens is 1. The molecule has 21 heavy (non-hydrogen) atoms. The Labute approximate surface area is 137 Å². The molecule has 0 bridgehead atoms. The van der Waals surface area contributed by atoms with Gasteiger partial charge in [0.1, 0.15) is 0 Å². The van der Waals surface area contributed by atoms with Crippen molar-refractivity contribution >= 4 is 15.9 Å². The minimum Gasteiger partial charge on any atom is -0.309 e. The highest BCUT2D eigenvalue weighted by Gasteiger charge is 2.32. The summed E-state index contributed by atoms with van der Waals surface area (Å²) in [4.78, 5) is 2.21. The van der Waals surface area contributed by atoms with Crippen molar-refractivity contribution in [3.8, 4) is 0 Å². The predicted molar refractivity (Wildman–Crippen MR) is 91.4 cm³/mol. The molecule has 1 aliphatic rings. The van der Waals surface area contributed by atoms with Gasteiger partial charge in [0, 0.05) is 6.54 Å². The summed E-state index contributed by atoms with van der Waals surface area (Å²) in [5.74, 6) is 1.58. The molecule has 0 saturated heterocycles. The lowest BCUT2D eigenvalue weighted by Gasteiger charge is -2.26. The monoisotopic (exact) mass is 356 g/mol. The van der Waals surface area contributed by atoms with Gasteiger partial charge in [0.05, 0.1) is 29.0 Å². The first kappa shape index (κ1) is 17.0. The van der Waals surface area contributed by atoms with Gasteiger partial charge in [-0.2, -0.15) is 5.10 Å². The number of nitrogens with one attached hydrogen (secondary N) is 1. The average Bonchev–Trinajstić information content (AvgIpc) is 3.00. The first-order valence-corrected chi connectivity index (χ1v) is 8.91. The third kappa shape index (κ3) is 4.30. The second kappa shape index (κ2) is 7.75. The number of nitrogens with zero attached hydrogens (tertiary/aromatic N) is 3. The minimum absolute atomic E-state index is 0.416. The van der Waals surface area contributed by atoms with E-state index < -0.39 is 0 Å². The van der Waals surface area contributed by atoms with Gasteiger partial charge in [0.25, 0.3) is 0 Å². The zero-order valence-corrected chi connectivity index (χ0v) is 15.4. The predicted octanol–water partition coefficient (Wildman–Crippen LogP) is 3.29. The molecule has 1 aromatic heterocycles. The zero-order valence-electron chi connectivity index (χ0n) is 13.8. The molecule has 1 fully saturated rings. The van der Waals surface area contributed by atoms with Gasteiger partial charge in [-0.25, -0.2) is 0 Å². The molecule has 3 atom stereocenters. The van der Waals surface area contributed by atoms with Crippen LogP contribution in [0.4, 0.5) is 0 Å². The van der Waals surface area contributed by atoms with E-state index in [1.807, 2.05) is 6.20 Å². The van der Waals surface area contributed by atoms with Crippen molar-refractivity contribution in [1.82, 2.24) is 20.0 Å². The number of hydrogen-bond acceptors (Lipinski definition) is 3. The van der Waals surface area contributed by atoms with Crippen molar-refractivity contribution in [2.24, 2.45) is 11.8 Å². The lowest BCUT2D eigenvalue weighted by molar-refractivity contribution is 0.324. The maximum Gasteiger partial charge on any atom is 0.0699 e. The van der Waals surface area contributed by atoms with Crippen LogP contribution in [0, 0.1) is 11.8 Å². The maximum absolute atomic E-state index is 4.58. The molecule has 3 unspecified atom stereocenters. The van der Waals surface area contributed by atoms with Crippen LogP contribution in [0.5, 0.6) is 0 Å². The van der Waals surface area contributed by atoms with Gasteiger partial charge in [-0.15, -0.1) is 0 Å². The van der Waals surface area contributed by atoms with Crippen molar-refractivity contribution < 1.29 is 0 Å². The Morgan fingerprint density at radius 2 is 2.24 bits per heavy atom. The topological polar surface area (TPSA) is 33.1 Å². The van der Waals surface area contributed by atoms with Gasteiger partial charge >= 0.3 is 0 Å². The summed E-state index contributed by atoms with van der Waals surface area (Å²) in [7, 11) is 4.22. The molecule has 5 heteroatoms. The molecule has 1 heterocycles. The van der Waals surface area contributed by atoms with E-state index in [2.05, 4.69) is 63.9 Å². The Hall–Kier alpha value is -0.390. The van der Waals surface area contributed by atoms with Crippen molar-refractivity contribution in [1.29, 1.82) is 0 Å². The second-order valence-electron chi connectivity index (χ2n) is 6.62. The minimum atomic E-state index is 0.416. The molecule has 1 aliphatic carbocycles. The number of aromatic nitrogens is 2. The van der Waals surface area contributed by atoms with Crippen molar-refractivity contribution in [3.63, 3.8) is 0 Å². The Kier molecular flexibility index (Phi) is 6.26. The second-order valence-corrected chi connectivity index (χ2v) is 7.47. The maximum atomic E-state index is 4.58. The van der Waals surface area contributed by atoms with E-state index in [1.54, 1.807) is 0 Å². The summed E-state index contributed by atoms with van der Waals surface area (Å²) < 4.78 is 3.33. The van der Waals surface area contributed by atoms with E-state index in [1.165, 1.54) is 25.0 Å². The van der Waals surface area contributed by atoms with E-state index in [-0.39, 0.29) is 0 Å². The molecule has 0 spiro atoms. The number of hydrogen-bond donors (Lipinski definition) is 1. The zero-order chi connectivity index (χ0) is 15.4. The molecule has 0 aromatic carbocycles. The van der Waals surface area contributed by atoms with E-state index in [0.29, 0.717) is 6.04 Å². The van der Waals surface area contributed by atoms with Crippen LogP contribution < -0.4 is 5.32 Å². The molecule has 0 radical (unpaired) electrons. The molecule has 1 N–H and O–H groups in total. The van der Waals surface area contributed by atoms with E-state index in [4.69, 9.17) is 0 Å².